The van der Waals surface area contributed by atoms with Crippen molar-refractivity contribution >= 4 is 29.1 Å². The zero-order valence-corrected chi connectivity index (χ0v) is 16.9. The van der Waals surface area contributed by atoms with Gasteiger partial charge in [-0.2, -0.15) is 0 Å². The van der Waals surface area contributed by atoms with E-state index in [0.717, 1.165) is 21.9 Å². The van der Waals surface area contributed by atoms with E-state index >= 15 is 0 Å². The molecule has 1 atom stereocenters. The summed E-state index contributed by atoms with van der Waals surface area (Å²) in [7, 11) is 0. The number of amides is 1. The lowest BCUT2D eigenvalue weighted by atomic mass is 10.1. The summed E-state index contributed by atoms with van der Waals surface area (Å²) in [6.45, 7) is 0.238. The van der Waals surface area contributed by atoms with Crippen molar-refractivity contribution in [2.75, 3.05) is 18.2 Å². The van der Waals surface area contributed by atoms with Gasteiger partial charge in [0.15, 0.2) is 17.3 Å². The molecule has 1 amide bonds. The number of nitrogens with zero attached hydrogens (tertiary/aromatic N) is 1. The summed E-state index contributed by atoms with van der Waals surface area (Å²) in [5.41, 5.74) is 2.38. The fourth-order valence-corrected chi connectivity index (χ4v) is 4.98. The van der Waals surface area contributed by atoms with Gasteiger partial charge in [-0.3, -0.25) is 9.59 Å². The minimum absolute atomic E-state index is 0.0221. The van der Waals surface area contributed by atoms with E-state index in [-0.39, 0.29) is 30.3 Å². The highest BCUT2D eigenvalue weighted by molar-refractivity contribution is 7.99. The Kier molecular flexibility index (Phi) is 4.93. The summed E-state index contributed by atoms with van der Waals surface area (Å²) in [6, 6.07) is 22.6. The van der Waals surface area contributed by atoms with Gasteiger partial charge in [-0.05, 0) is 29.8 Å². The normalized spacial score (nSPS) is 17.4. The van der Waals surface area contributed by atoms with Crippen molar-refractivity contribution in [1.29, 1.82) is 0 Å². The quantitative estimate of drug-likeness (QED) is 0.567. The average Bonchev–Trinajstić information content (AvgIpc) is 3.20. The molecular weight excluding hydrogens is 398 g/mol. The molecule has 0 aliphatic carbocycles. The Morgan fingerprint density at radius 2 is 1.73 bits per heavy atom. The van der Waals surface area contributed by atoms with Crippen molar-refractivity contribution in [2.24, 2.45) is 0 Å². The Hall–Kier alpha value is -3.25. The lowest BCUT2D eigenvalue weighted by Crippen LogP contribution is -2.35. The van der Waals surface area contributed by atoms with Crippen LogP contribution in [0.5, 0.6) is 11.5 Å². The molecule has 0 fully saturated rings. The molecule has 2 aliphatic heterocycles. The van der Waals surface area contributed by atoms with E-state index in [4.69, 9.17) is 9.47 Å². The number of ketones is 1. The number of Topliss-reactive ketones (excluding diaryl/α,β-unsaturated/α-hetero) is 1. The Morgan fingerprint density at radius 3 is 2.60 bits per heavy atom. The Bertz CT molecular complexity index is 1120. The second-order valence-electron chi connectivity index (χ2n) is 7.16. The number of para-hydroxylation sites is 1. The fourth-order valence-electron chi connectivity index (χ4n) is 3.71. The van der Waals surface area contributed by atoms with E-state index in [1.165, 1.54) is 0 Å². The molecule has 0 spiro atoms. The molecule has 0 saturated carbocycles. The van der Waals surface area contributed by atoms with Crippen molar-refractivity contribution in [3.8, 4) is 11.5 Å². The largest absolute Gasteiger partial charge is 0.454 e. The first kappa shape index (κ1) is 18.8. The van der Waals surface area contributed by atoms with Crippen LogP contribution in [0.25, 0.3) is 0 Å². The molecule has 3 aromatic rings. The van der Waals surface area contributed by atoms with Crippen LogP contribution in [0.3, 0.4) is 0 Å². The number of thioether (sulfide) groups is 1. The summed E-state index contributed by atoms with van der Waals surface area (Å²) in [5, 5.41) is -0.0787. The molecule has 5 rings (SSSR count). The topological polar surface area (TPSA) is 55.8 Å². The number of carbonyl (C=O) groups excluding carboxylic acids is 2. The zero-order chi connectivity index (χ0) is 20.5. The summed E-state index contributed by atoms with van der Waals surface area (Å²) < 4.78 is 10.9. The molecule has 3 aromatic carbocycles. The van der Waals surface area contributed by atoms with E-state index in [1.54, 1.807) is 28.8 Å². The molecule has 0 saturated heterocycles. The third-order valence-electron chi connectivity index (χ3n) is 5.25. The molecule has 30 heavy (non-hydrogen) atoms. The van der Waals surface area contributed by atoms with Gasteiger partial charge < -0.3 is 14.4 Å². The SMILES string of the molecule is O=C(CN1C(=O)CC(c2ccc3c(c2)OCO3)Sc2ccccc21)c1ccccc1. The van der Waals surface area contributed by atoms with Gasteiger partial charge in [-0.1, -0.05) is 48.5 Å². The van der Waals surface area contributed by atoms with Crippen LogP contribution < -0.4 is 14.4 Å². The highest BCUT2D eigenvalue weighted by Crippen LogP contribution is 2.47. The first-order valence-electron chi connectivity index (χ1n) is 9.73. The van der Waals surface area contributed by atoms with Crippen LogP contribution in [-0.2, 0) is 4.79 Å². The Labute approximate surface area is 178 Å². The molecule has 0 radical (unpaired) electrons. The first-order chi connectivity index (χ1) is 14.7. The first-order valence-corrected chi connectivity index (χ1v) is 10.6. The maximum absolute atomic E-state index is 13.3. The number of anilines is 1. The molecule has 0 bridgehead atoms. The fraction of sp³-hybridized carbons (Fsp3) is 0.167. The van der Waals surface area contributed by atoms with Gasteiger partial charge in [0.25, 0.3) is 0 Å². The van der Waals surface area contributed by atoms with Gasteiger partial charge in [0, 0.05) is 22.1 Å². The highest BCUT2D eigenvalue weighted by Gasteiger charge is 2.31. The van der Waals surface area contributed by atoms with Crippen LogP contribution in [-0.4, -0.2) is 25.0 Å². The maximum Gasteiger partial charge on any atom is 0.231 e. The number of hydrogen-bond donors (Lipinski definition) is 0. The molecule has 2 heterocycles. The number of benzene rings is 3. The summed E-state index contributed by atoms with van der Waals surface area (Å²) in [6.07, 6.45) is 0.293. The second-order valence-corrected chi connectivity index (χ2v) is 8.40. The zero-order valence-electron chi connectivity index (χ0n) is 16.1. The van der Waals surface area contributed by atoms with Crippen LogP contribution in [0.15, 0.2) is 77.7 Å². The molecule has 0 N–H and O–H groups in total. The van der Waals surface area contributed by atoms with Crippen molar-refractivity contribution in [1.82, 2.24) is 0 Å². The van der Waals surface area contributed by atoms with Crippen LogP contribution in [0.2, 0.25) is 0 Å². The monoisotopic (exact) mass is 417 g/mol. The predicted molar refractivity (Wildman–Crippen MR) is 115 cm³/mol. The number of fused-ring (bicyclic) bond motifs is 2. The predicted octanol–water partition coefficient (Wildman–Crippen LogP) is 4.87. The second kappa shape index (κ2) is 7.88. The van der Waals surface area contributed by atoms with Crippen LogP contribution in [0.1, 0.15) is 27.6 Å². The third kappa shape index (κ3) is 3.55. The number of hydrogen-bond acceptors (Lipinski definition) is 5. The molecule has 6 heteroatoms. The van der Waals surface area contributed by atoms with E-state index in [9.17, 15) is 9.59 Å². The van der Waals surface area contributed by atoms with Crippen molar-refractivity contribution < 1.29 is 19.1 Å². The lowest BCUT2D eigenvalue weighted by molar-refractivity contribution is -0.118. The summed E-state index contributed by atoms with van der Waals surface area (Å²) in [5.74, 6) is 1.28. The van der Waals surface area contributed by atoms with E-state index < -0.39 is 0 Å². The Morgan fingerprint density at radius 1 is 0.967 bits per heavy atom. The van der Waals surface area contributed by atoms with Crippen LogP contribution in [0, 0.1) is 0 Å². The Balaban J connectivity index is 1.46. The smallest absolute Gasteiger partial charge is 0.231 e. The summed E-state index contributed by atoms with van der Waals surface area (Å²) in [4.78, 5) is 28.7. The van der Waals surface area contributed by atoms with E-state index in [0.29, 0.717) is 17.7 Å². The molecule has 1 unspecified atom stereocenters. The van der Waals surface area contributed by atoms with Crippen molar-refractivity contribution in [3.05, 3.63) is 83.9 Å². The van der Waals surface area contributed by atoms with Gasteiger partial charge in [0.05, 0.1) is 12.2 Å². The molecule has 2 aliphatic rings. The summed E-state index contributed by atoms with van der Waals surface area (Å²) >= 11 is 1.64. The number of rotatable bonds is 4. The maximum atomic E-state index is 13.3. The van der Waals surface area contributed by atoms with Gasteiger partial charge in [0.2, 0.25) is 12.7 Å². The van der Waals surface area contributed by atoms with Gasteiger partial charge >= 0.3 is 0 Å². The van der Waals surface area contributed by atoms with Crippen LogP contribution in [0.4, 0.5) is 5.69 Å². The lowest BCUT2D eigenvalue weighted by Gasteiger charge is -2.22. The average molecular weight is 417 g/mol. The van der Waals surface area contributed by atoms with Crippen molar-refractivity contribution in [2.45, 2.75) is 16.6 Å². The standard InChI is InChI=1S/C24H19NO4S/c26-19(16-6-2-1-3-7-16)14-25-18-8-4-5-9-22(18)30-23(13-24(25)27)17-10-11-20-21(12-17)29-15-28-20/h1-12,23H,13-15H2. The number of carbonyl (C=O) groups is 2. The molecule has 150 valence electrons. The van der Waals surface area contributed by atoms with E-state index in [1.807, 2.05) is 60.7 Å². The van der Waals surface area contributed by atoms with Gasteiger partial charge in [-0.25, -0.2) is 0 Å². The van der Waals surface area contributed by atoms with E-state index in [2.05, 4.69) is 0 Å². The number of ether oxygens (including phenoxy) is 2. The third-order valence-corrected chi connectivity index (χ3v) is 6.57. The van der Waals surface area contributed by atoms with Gasteiger partial charge in [0.1, 0.15) is 0 Å². The molecule has 0 aromatic heterocycles. The minimum Gasteiger partial charge on any atom is -0.454 e. The molecule has 5 nitrogen and oxygen atoms in total. The highest BCUT2D eigenvalue weighted by atomic mass is 32.2. The van der Waals surface area contributed by atoms with Crippen molar-refractivity contribution in [3.63, 3.8) is 0 Å². The molecular formula is C24H19NO4S. The van der Waals surface area contributed by atoms with Crippen LogP contribution >= 0.6 is 11.8 Å². The van der Waals surface area contributed by atoms with Gasteiger partial charge in [-0.15, -0.1) is 11.8 Å². The minimum atomic E-state index is -0.0787.